The highest BCUT2D eigenvalue weighted by molar-refractivity contribution is 14.2. The van der Waals surface area contributed by atoms with E-state index in [0.717, 1.165) is 10.6 Å². The first kappa shape index (κ1) is 20.6. The van der Waals surface area contributed by atoms with Crippen LogP contribution in [0.3, 0.4) is 0 Å². The number of aromatic nitrogens is 4. The van der Waals surface area contributed by atoms with E-state index in [1.807, 2.05) is 45.6 Å². The van der Waals surface area contributed by atoms with E-state index in [0.29, 0.717) is 28.3 Å². The number of nitrogens with one attached hydrogen (secondary N) is 1. The lowest BCUT2D eigenvalue weighted by atomic mass is 10.1. The summed E-state index contributed by atoms with van der Waals surface area (Å²) >= 11 is 9.68. The number of halogens is 4. The molecule has 3 aromatic heterocycles. The first-order chi connectivity index (χ1) is 14.0. The average Bonchev–Trinajstić information content (AvgIpc) is 3.35. The molecule has 0 saturated heterocycles. The highest BCUT2D eigenvalue weighted by atomic mass is 127. The summed E-state index contributed by atoms with van der Waals surface area (Å²) < 4.78 is 33.9. The molecule has 0 fully saturated rings. The predicted molar refractivity (Wildman–Crippen MR) is 123 cm³/mol. The third-order valence-corrected chi connectivity index (χ3v) is 7.10. The molecule has 0 aliphatic carbocycles. The molecular formula is C17H12ClF2IN5OPS. The molecule has 1 atom stereocenters. The van der Waals surface area contributed by atoms with Crippen LogP contribution in [-0.2, 0) is 0 Å². The summed E-state index contributed by atoms with van der Waals surface area (Å²) in [6, 6.07) is 7.14. The summed E-state index contributed by atoms with van der Waals surface area (Å²) in [5, 5.41) is 6.08. The van der Waals surface area contributed by atoms with E-state index in [1.54, 1.807) is 19.4 Å². The largest absolute Gasteiger partial charge is 0.494 e. The fourth-order valence-electron chi connectivity index (χ4n) is 2.88. The van der Waals surface area contributed by atoms with E-state index < -0.39 is 6.43 Å². The topological polar surface area (TPSA) is 64.9 Å². The molecule has 0 bridgehead atoms. The number of alkyl halides is 2. The lowest BCUT2D eigenvalue weighted by Crippen LogP contribution is -1.98. The molecule has 150 valence electrons. The molecule has 1 N–H and O–H groups in total. The van der Waals surface area contributed by atoms with E-state index >= 15 is 0 Å². The molecule has 3 heterocycles. The summed E-state index contributed by atoms with van der Waals surface area (Å²) in [7, 11) is 1.56. The number of hydrogen-bond acceptors (Lipinski definition) is 6. The van der Waals surface area contributed by atoms with Crippen LogP contribution in [0.1, 0.15) is 12.2 Å². The number of hydrogen-bond donors (Lipinski definition) is 1. The Morgan fingerprint density at radius 1 is 1.31 bits per heavy atom. The molecule has 0 aliphatic heterocycles. The molecule has 4 rings (SSSR count). The number of ether oxygens (including phenoxy) is 1. The maximum atomic E-state index is 13.5. The standard InChI is InChI=1S/C17H12ClF2IN5OPS/c1-27-13-8(17-22-5-6-29-17)3-2-4-9(13)23-10-7-11(18)24-15-12(10)25-16(14(19)20)26(15)28-21/h2-7,14,28H,1H3,(H,23,24). The van der Waals surface area contributed by atoms with Gasteiger partial charge in [0.2, 0.25) is 0 Å². The van der Waals surface area contributed by atoms with Crippen molar-refractivity contribution < 1.29 is 13.5 Å². The average molecular weight is 566 g/mol. The molecule has 0 aliphatic rings. The van der Waals surface area contributed by atoms with Gasteiger partial charge in [-0.15, -0.1) is 11.3 Å². The van der Waals surface area contributed by atoms with Crippen molar-refractivity contribution in [3.8, 4) is 16.3 Å². The molecule has 0 spiro atoms. The maximum Gasteiger partial charge on any atom is 0.295 e. The smallest absolute Gasteiger partial charge is 0.295 e. The van der Waals surface area contributed by atoms with Crippen LogP contribution in [0.4, 0.5) is 20.2 Å². The van der Waals surface area contributed by atoms with Crippen molar-refractivity contribution in [1.82, 2.24) is 19.3 Å². The molecule has 1 aromatic carbocycles. The Morgan fingerprint density at radius 3 is 2.79 bits per heavy atom. The second-order valence-corrected chi connectivity index (χ2v) is 9.05. The van der Waals surface area contributed by atoms with Gasteiger partial charge in [0.05, 0.1) is 30.4 Å². The van der Waals surface area contributed by atoms with E-state index in [1.165, 1.54) is 15.7 Å². The van der Waals surface area contributed by atoms with Gasteiger partial charge in [-0.05, 0) is 34.2 Å². The van der Waals surface area contributed by atoms with Crippen molar-refractivity contribution in [2.75, 3.05) is 12.4 Å². The molecule has 12 heteroatoms. The van der Waals surface area contributed by atoms with E-state index in [4.69, 9.17) is 16.3 Å². The zero-order valence-corrected chi connectivity index (χ0v) is 19.4. The van der Waals surface area contributed by atoms with Crippen molar-refractivity contribution in [2.24, 2.45) is 0 Å². The molecular weight excluding hydrogens is 554 g/mol. The number of fused-ring (bicyclic) bond motifs is 1. The lowest BCUT2D eigenvalue weighted by molar-refractivity contribution is 0.140. The Morgan fingerprint density at radius 2 is 2.14 bits per heavy atom. The Balaban J connectivity index is 1.86. The van der Waals surface area contributed by atoms with Crippen LogP contribution in [0.15, 0.2) is 35.8 Å². The number of anilines is 2. The number of pyridine rings is 1. The van der Waals surface area contributed by atoms with E-state index in [-0.39, 0.29) is 17.4 Å². The predicted octanol–water partition coefficient (Wildman–Crippen LogP) is 6.69. The minimum atomic E-state index is -2.72. The SMILES string of the molecule is COc1c(Nc2cc(Cl)nc3c2nc(C(F)F)n3PI)cccc1-c1nccs1. The van der Waals surface area contributed by atoms with Gasteiger partial charge in [-0.3, -0.25) is 4.34 Å². The van der Waals surface area contributed by atoms with Gasteiger partial charge in [0, 0.05) is 17.6 Å². The minimum absolute atomic E-state index is 0.00469. The number of methoxy groups -OCH3 is 1. The van der Waals surface area contributed by atoms with Crippen molar-refractivity contribution >= 4 is 73.9 Å². The molecule has 0 saturated carbocycles. The molecule has 0 radical (unpaired) electrons. The van der Waals surface area contributed by atoms with Gasteiger partial charge in [0.1, 0.15) is 15.7 Å². The first-order valence-electron chi connectivity index (χ1n) is 8.11. The highest BCUT2D eigenvalue weighted by Crippen LogP contribution is 2.41. The van der Waals surface area contributed by atoms with Gasteiger partial charge < -0.3 is 10.1 Å². The van der Waals surface area contributed by atoms with Crippen LogP contribution in [0.2, 0.25) is 5.15 Å². The number of benzene rings is 1. The van der Waals surface area contributed by atoms with Crippen LogP contribution in [-0.4, -0.2) is 26.4 Å². The monoisotopic (exact) mass is 565 g/mol. The summed E-state index contributed by atoms with van der Waals surface area (Å²) in [6.45, 7) is 0. The van der Waals surface area contributed by atoms with Crippen LogP contribution < -0.4 is 10.1 Å². The number of rotatable bonds is 6. The Hall–Kier alpha value is -1.62. The Labute approximate surface area is 188 Å². The number of thiazole rings is 1. The van der Waals surface area contributed by atoms with Crippen LogP contribution in [0.5, 0.6) is 5.75 Å². The van der Waals surface area contributed by atoms with Crippen LogP contribution >= 0.6 is 51.4 Å². The number of para-hydroxylation sites is 1. The van der Waals surface area contributed by atoms with Gasteiger partial charge in [-0.2, -0.15) is 0 Å². The van der Waals surface area contributed by atoms with Gasteiger partial charge in [-0.25, -0.2) is 23.7 Å². The van der Waals surface area contributed by atoms with Gasteiger partial charge in [0.15, 0.2) is 17.2 Å². The second kappa shape index (κ2) is 8.63. The second-order valence-electron chi connectivity index (χ2n) is 5.70. The van der Waals surface area contributed by atoms with Crippen molar-refractivity contribution in [3.05, 3.63) is 46.8 Å². The Kier molecular flexibility index (Phi) is 6.14. The van der Waals surface area contributed by atoms with E-state index in [2.05, 4.69) is 20.3 Å². The number of nitrogens with zero attached hydrogens (tertiary/aromatic N) is 4. The fourth-order valence-corrected chi connectivity index (χ4v) is 5.63. The summed E-state index contributed by atoms with van der Waals surface area (Å²) in [6.07, 6.45) is -0.999. The zero-order chi connectivity index (χ0) is 20.5. The quantitative estimate of drug-likeness (QED) is 0.160. The summed E-state index contributed by atoms with van der Waals surface area (Å²) in [4.78, 5) is 12.7. The van der Waals surface area contributed by atoms with Crippen LogP contribution in [0.25, 0.3) is 21.7 Å². The van der Waals surface area contributed by atoms with Gasteiger partial charge >= 0.3 is 0 Å². The highest BCUT2D eigenvalue weighted by Gasteiger charge is 2.23. The third-order valence-electron chi connectivity index (χ3n) is 4.04. The normalized spacial score (nSPS) is 11.8. The fraction of sp³-hybridized carbons (Fsp3) is 0.118. The first-order valence-corrected chi connectivity index (χ1v) is 13.4. The summed E-state index contributed by atoms with van der Waals surface area (Å²) in [5.41, 5.74) is 2.53. The minimum Gasteiger partial charge on any atom is -0.494 e. The molecule has 6 nitrogen and oxygen atoms in total. The van der Waals surface area contributed by atoms with Gasteiger partial charge in [-0.1, -0.05) is 17.7 Å². The lowest BCUT2D eigenvalue weighted by Gasteiger charge is -2.14. The van der Waals surface area contributed by atoms with Crippen molar-refractivity contribution in [1.29, 1.82) is 0 Å². The van der Waals surface area contributed by atoms with Crippen molar-refractivity contribution in [2.45, 2.75) is 6.43 Å². The van der Waals surface area contributed by atoms with Gasteiger partial charge in [0.25, 0.3) is 6.43 Å². The Bertz CT molecular complexity index is 1170. The maximum absolute atomic E-state index is 13.5. The zero-order valence-electron chi connectivity index (χ0n) is 14.7. The van der Waals surface area contributed by atoms with E-state index in [9.17, 15) is 8.78 Å². The molecule has 29 heavy (non-hydrogen) atoms. The van der Waals surface area contributed by atoms with Crippen LogP contribution in [0, 0.1) is 0 Å². The molecule has 4 aromatic rings. The summed E-state index contributed by atoms with van der Waals surface area (Å²) in [5.74, 6) is 0.238. The molecule has 0 amide bonds. The molecule has 1 unspecified atom stereocenters. The number of imidazole rings is 1. The van der Waals surface area contributed by atoms with Crippen molar-refractivity contribution in [3.63, 3.8) is 0 Å². The third kappa shape index (κ3) is 3.90.